The van der Waals surface area contributed by atoms with Gasteiger partial charge in [-0.1, -0.05) is 17.7 Å². The van der Waals surface area contributed by atoms with Crippen LogP contribution in [0.2, 0.25) is 5.02 Å². The Hall–Kier alpha value is -1.55. The lowest BCUT2D eigenvalue weighted by Gasteiger charge is -2.04. The molecule has 4 nitrogen and oxygen atoms in total. The van der Waals surface area contributed by atoms with Gasteiger partial charge in [0.05, 0.1) is 16.5 Å². The first-order valence-electron chi connectivity index (χ1n) is 6.02. The van der Waals surface area contributed by atoms with Crippen molar-refractivity contribution in [2.45, 2.75) is 25.2 Å². The van der Waals surface area contributed by atoms with E-state index in [1.807, 2.05) is 18.2 Å². The quantitative estimate of drug-likeness (QED) is 0.875. The maximum Gasteiger partial charge on any atom is 0.306 e. The predicted octanol–water partition coefficient (Wildman–Crippen LogP) is 3.18. The van der Waals surface area contributed by atoms with E-state index in [2.05, 4.69) is 9.97 Å². The van der Waals surface area contributed by atoms with Crippen LogP contribution in [0.1, 0.15) is 31.0 Å². The highest BCUT2D eigenvalue weighted by atomic mass is 35.5. The number of aromatic amines is 1. The van der Waals surface area contributed by atoms with Crippen LogP contribution in [0.4, 0.5) is 0 Å². The Morgan fingerprint density at radius 3 is 2.94 bits per heavy atom. The Bertz CT molecular complexity index is 608. The zero-order valence-electron chi connectivity index (χ0n) is 9.69. The van der Waals surface area contributed by atoms with Crippen LogP contribution in [0.3, 0.4) is 0 Å². The van der Waals surface area contributed by atoms with Gasteiger partial charge in [0, 0.05) is 5.92 Å². The molecule has 2 N–H and O–H groups in total. The second-order valence-corrected chi connectivity index (χ2v) is 5.21. The molecule has 18 heavy (non-hydrogen) atoms. The Labute approximate surface area is 109 Å². The van der Waals surface area contributed by atoms with E-state index in [-0.39, 0.29) is 11.8 Å². The lowest BCUT2D eigenvalue weighted by molar-refractivity contribution is -0.141. The largest absolute Gasteiger partial charge is 0.481 e. The van der Waals surface area contributed by atoms with Gasteiger partial charge in [-0.25, -0.2) is 4.98 Å². The number of nitrogens with one attached hydrogen (secondary N) is 1. The molecule has 3 rings (SSSR count). The van der Waals surface area contributed by atoms with Crippen LogP contribution in [0.15, 0.2) is 18.2 Å². The second-order valence-electron chi connectivity index (χ2n) is 4.80. The van der Waals surface area contributed by atoms with Crippen LogP contribution in [-0.4, -0.2) is 21.0 Å². The Morgan fingerprint density at radius 1 is 1.44 bits per heavy atom. The van der Waals surface area contributed by atoms with E-state index in [0.29, 0.717) is 11.4 Å². The van der Waals surface area contributed by atoms with Crippen LogP contribution in [0.5, 0.6) is 0 Å². The third kappa shape index (κ3) is 1.86. The fraction of sp³-hybridized carbons (Fsp3) is 0.385. The monoisotopic (exact) mass is 264 g/mol. The normalized spacial score (nSPS) is 23.6. The fourth-order valence-corrected chi connectivity index (χ4v) is 2.88. The van der Waals surface area contributed by atoms with Crippen molar-refractivity contribution in [2.75, 3.05) is 0 Å². The molecule has 0 saturated heterocycles. The molecule has 0 bridgehead atoms. The van der Waals surface area contributed by atoms with Gasteiger partial charge in [0.1, 0.15) is 11.3 Å². The van der Waals surface area contributed by atoms with E-state index in [0.717, 1.165) is 29.7 Å². The summed E-state index contributed by atoms with van der Waals surface area (Å²) in [7, 11) is 0. The molecule has 2 atom stereocenters. The van der Waals surface area contributed by atoms with Gasteiger partial charge in [0.2, 0.25) is 0 Å². The number of benzene rings is 1. The lowest BCUT2D eigenvalue weighted by Crippen LogP contribution is -2.09. The average Bonchev–Trinajstić information content (AvgIpc) is 2.95. The molecule has 1 aromatic heterocycles. The highest BCUT2D eigenvalue weighted by Gasteiger charge is 2.32. The van der Waals surface area contributed by atoms with Crippen LogP contribution in [-0.2, 0) is 4.79 Å². The predicted molar refractivity (Wildman–Crippen MR) is 68.8 cm³/mol. The van der Waals surface area contributed by atoms with E-state index >= 15 is 0 Å². The summed E-state index contributed by atoms with van der Waals surface area (Å²) in [6.45, 7) is 0. The van der Waals surface area contributed by atoms with E-state index in [1.54, 1.807) is 0 Å². The number of rotatable bonds is 2. The van der Waals surface area contributed by atoms with E-state index in [9.17, 15) is 4.79 Å². The third-order valence-corrected chi connectivity index (χ3v) is 3.96. The topological polar surface area (TPSA) is 66.0 Å². The summed E-state index contributed by atoms with van der Waals surface area (Å²) in [4.78, 5) is 18.7. The van der Waals surface area contributed by atoms with E-state index < -0.39 is 5.97 Å². The number of hydrogen-bond acceptors (Lipinski definition) is 2. The number of imidazole rings is 1. The minimum atomic E-state index is -0.702. The summed E-state index contributed by atoms with van der Waals surface area (Å²) >= 11 is 6.08. The van der Waals surface area contributed by atoms with Crippen molar-refractivity contribution >= 4 is 28.6 Å². The number of aromatic nitrogens is 2. The summed E-state index contributed by atoms with van der Waals surface area (Å²) in [5.74, 6) is 0.127. The number of para-hydroxylation sites is 1. The van der Waals surface area contributed by atoms with Gasteiger partial charge in [-0.3, -0.25) is 4.79 Å². The first-order valence-corrected chi connectivity index (χ1v) is 6.40. The maximum absolute atomic E-state index is 11.0. The van der Waals surface area contributed by atoms with Gasteiger partial charge >= 0.3 is 5.97 Å². The standard InChI is InChI=1S/C13H13ClN2O2/c14-9-2-1-3-10-11(9)16-12(15-10)7-4-5-8(6-7)13(17)18/h1-3,7-8H,4-6H2,(H,15,16)(H,17,18). The Kier molecular flexibility index (Phi) is 2.74. The van der Waals surface area contributed by atoms with Crippen molar-refractivity contribution in [1.82, 2.24) is 9.97 Å². The molecule has 2 aromatic rings. The highest BCUT2D eigenvalue weighted by Crippen LogP contribution is 2.38. The molecule has 1 aromatic carbocycles. The zero-order valence-corrected chi connectivity index (χ0v) is 10.4. The molecule has 0 amide bonds. The van der Waals surface area contributed by atoms with Gasteiger partial charge in [0.15, 0.2) is 0 Å². The molecular weight excluding hydrogens is 252 g/mol. The number of fused-ring (bicyclic) bond motifs is 1. The van der Waals surface area contributed by atoms with Gasteiger partial charge < -0.3 is 10.1 Å². The molecule has 2 unspecified atom stereocenters. The van der Waals surface area contributed by atoms with Crippen molar-refractivity contribution in [3.8, 4) is 0 Å². The summed E-state index contributed by atoms with van der Waals surface area (Å²) < 4.78 is 0. The van der Waals surface area contributed by atoms with Gasteiger partial charge in [-0.15, -0.1) is 0 Å². The SMILES string of the molecule is O=C(O)C1CCC(c2nc3c(Cl)cccc3[nH]2)C1. The number of aliphatic carboxylic acids is 1. The summed E-state index contributed by atoms with van der Waals surface area (Å²) in [6, 6.07) is 5.62. The maximum atomic E-state index is 11.0. The molecule has 1 saturated carbocycles. The average molecular weight is 265 g/mol. The lowest BCUT2D eigenvalue weighted by atomic mass is 10.0. The number of halogens is 1. The van der Waals surface area contributed by atoms with E-state index in [1.165, 1.54) is 0 Å². The Morgan fingerprint density at radius 2 is 2.28 bits per heavy atom. The van der Waals surface area contributed by atoms with Crippen LogP contribution < -0.4 is 0 Å². The van der Waals surface area contributed by atoms with Crippen molar-refractivity contribution in [3.05, 3.63) is 29.0 Å². The summed E-state index contributed by atoms with van der Waals surface area (Å²) in [5.41, 5.74) is 1.68. The van der Waals surface area contributed by atoms with Crippen LogP contribution in [0.25, 0.3) is 11.0 Å². The number of hydrogen-bond donors (Lipinski definition) is 2. The molecular formula is C13H13ClN2O2. The molecule has 1 aliphatic carbocycles. The molecule has 94 valence electrons. The molecule has 0 spiro atoms. The molecule has 0 aliphatic heterocycles. The van der Waals surface area contributed by atoms with Crippen LogP contribution in [0, 0.1) is 5.92 Å². The van der Waals surface area contributed by atoms with Crippen molar-refractivity contribution < 1.29 is 9.90 Å². The number of carbonyl (C=O) groups is 1. The van der Waals surface area contributed by atoms with Crippen molar-refractivity contribution in [1.29, 1.82) is 0 Å². The van der Waals surface area contributed by atoms with Crippen molar-refractivity contribution in [2.24, 2.45) is 5.92 Å². The fourth-order valence-electron chi connectivity index (χ4n) is 2.66. The molecule has 1 heterocycles. The first kappa shape index (κ1) is 11.5. The number of nitrogens with zero attached hydrogens (tertiary/aromatic N) is 1. The zero-order chi connectivity index (χ0) is 12.7. The smallest absolute Gasteiger partial charge is 0.306 e. The van der Waals surface area contributed by atoms with Gasteiger partial charge in [-0.2, -0.15) is 0 Å². The van der Waals surface area contributed by atoms with E-state index in [4.69, 9.17) is 16.7 Å². The number of carboxylic acids is 1. The number of carboxylic acid groups (broad SMARTS) is 1. The Balaban J connectivity index is 1.92. The molecule has 5 heteroatoms. The highest BCUT2D eigenvalue weighted by molar-refractivity contribution is 6.34. The molecule has 1 fully saturated rings. The minimum absolute atomic E-state index is 0.203. The molecule has 1 aliphatic rings. The summed E-state index contributed by atoms with van der Waals surface area (Å²) in [5, 5.41) is 9.64. The molecule has 0 radical (unpaired) electrons. The van der Waals surface area contributed by atoms with Gasteiger partial charge in [0.25, 0.3) is 0 Å². The number of H-pyrrole nitrogens is 1. The van der Waals surface area contributed by atoms with Crippen molar-refractivity contribution in [3.63, 3.8) is 0 Å². The first-order chi connectivity index (χ1) is 8.65. The van der Waals surface area contributed by atoms with Crippen LogP contribution >= 0.6 is 11.6 Å². The minimum Gasteiger partial charge on any atom is -0.481 e. The second kappa shape index (κ2) is 4.28. The summed E-state index contributed by atoms with van der Waals surface area (Å²) in [6.07, 6.45) is 2.26. The third-order valence-electron chi connectivity index (χ3n) is 3.65. The van der Waals surface area contributed by atoms with Gasteiger partial charge in [-0.05, 0) is 31.4 Å².